The minimum absolute atomic E-state index is 0.285. The summed E-state index contributed by atoms with van der Waals surface area (Å²) in [6.07, 6.45) is 0. The number of nitrogens with zero attached hydrogens (tertiary/aromatic N) is 1. The Balaban J connectivity index is 2.74. The van der Waals surface area contributed by atoms with Crippen molar-refractivity contribution in [3.63, 3.8) is 0 Å². The molecular weight excluding hydrogens is 278 g/mol. The van der Waals surface area contributed by atoms with E-state index in [1.165, 1.54) is 0 Å². The molecule has 0 bridgehead atoms. The fourth-order valence-corrected chi connectivity index (χ4v) is 2.29. The first-order valence-corrected chi connectivity index (χ1v) is 6.96. The molecule has 21 heavy (non-hydrogen) atoms. The van der Waals surface area contributed by atoms with Crippen LogP contribution in [0.25, 0.3) is 0 Å². The van der Waals surface area contributed by atoms with Gasteiger partial charge in [-0.3, -0.25) is 4.90 Å². The molecule has 118 valence electrons. The molecule has 0 spiro atoms. The minimum Gasteiger partial charge on any atom is -0.478 e. The number of nitrogens with one attached hydrogen (secondary N) is 1. The molecule has 1 aromatic rings. The second kappa shape index (κ2) is 7.36. The number of halogens is 2. The third kappa shape index (κ3) is 4.67. The Morgan fingerprint density at radius 2 is 1.67 bits per heavy atom. The highest BCUT2D eigenvalue weighted by Crippen LogP contribution is 2.20. The Morgan fingerprint density at radius 3 is 2.05 bits per heavy atom. The fourth-order valence-electron chi connectivity index (χ4n) is 2.29. The largest absolute Gasteiger partial charge is 0.478 e. The molecule has 0 aromatic heterocycles. The van der Waals surface area contributed by atoms with E-state index in [1.807, 2.05) is 0 Å². The van der Waals surface area contributed by atoms with Crippen LogP contribution in [0.5, 0.6) is 0 Å². The van der Waals surface area contributed by atoms with E-state index in [4.69, 9.17) is 5.11 Å². The van der Waals surface area contributed by atoms with Gasteiger partial charge in [-0.1, -0.05) is 0 Å². The number of rotatable bonds is 7. The molecular formula is C15H22F2N2O2. The highest BCUT2D eigenvalue weighted by molar-refractivity contribution is 5.88. The van der Waals surface area contributed by atoms with Crippen molar-refractivity contribution in [3.05, 3.63) is 29.3 Å². The molecule has 0 aliphatic rings. The average Bonchev–Trinajstić information content (AvgIpc) is 2.35. The first-order chi connectivity index (χ1) is 9.73. The summed E-state index contributed by atoms with van der Waals surface area (Å²) in [4.78, 5) is 12.9. The average molecular weight is 300 g/mol. The number of hydrogen-bond acceptors (Lipinski definition) is 3. The van der Waals surface area contributed by atoms with E-state index in [0.717, 1.165) is 12.1 Å². The first kappa shape index (κ1) is 17.4. The Kier molecular flexibility index (Phi) is 6.08. The third-order valence-electron chi connectivity index (χ3n) is 3.29. The van der Waals surface area contributed by atoms with E-state index in [1.54, 1.807) is 0 Å². The van der Waals surface area contributed by atoms with E-state index in [0.29, 0.717) is 25.2 Å². The van der Waals surface area contributed by atoms with E-state index in [2.05, 4.69) is 37.9 Å². The molecule has 6 heteroatoms. The molecule has 0 atom stereocenters. The van der Waals surface area contributed by atoms with Crippen LogP contribution in [0.4, 0.5) is 14.5 Å². The molecule has 0 fully saturated rings. The Bertz CT molecular complexity index is 473. The molecule has 0 amide bonds. The van der Waals surface area contributed by atoms with Crippen LogP contribution in [0.15, 0.2) is 12.1 Å². The lowest BCUT2D eigenvalue weighted by atomic mass is 10.2. The maximum Gasteiger partial charge on any atom is 0.335 e. The predicted molar refractivity (Wildman–Crippen MR) is 78.8 cm³/mol. The standard InChI is InChI=1S/C15H22F2N2O2/c1-9(2)19(10(3)4)6-5-18-14-12(16)7-11(15(20)21)8-13(14)17/h7-10,18H,5-6H2,1-4H3,(H,20,21). The quantitative estimate of drug-likeness (QED) is 0.812. The number of anilines is 1. The summed E-state index contributed by atoms with van der Waals surface area (Å²) in [5, 5.41) is 11.4. The number of hydrogen-bond donors (Lipinski definition) is 2. The Labute approximate surface area is 123 Å². The van der Waals surface area contributed by atoms with Crippen LogP contribution in [0, 0.1) is 11.6 Å². The van der Waals surface area contributed by atoms with Crippen LogP contribution in [0.3, 0.4) is 0 Å². The maximum absolute atomic E-state index is 13.7. The maximum atomic E-state index is 13.7. The second-order valence-corrected chi connectivity index (χ2v) is 5.47. The van der Waals surface area contributed by atoms with Gasteiger partial charge in [-0.25, -0.2) is 13.6 Å². The zero-order chi connectivity index (χ0) is 16.2. The molecule has 4 nitrogen and oxygen atoms in total. The normalized spacial score (nSPS) is 11.5. The van der Waals surface area contributed by atoms with Crippen LogP contribution >= 0.6 is 0 Å². The van der Waals surface area contributed by atoms with Crippen LogP contribution < -0.4 is 5.32 Å². The lowest BCUT2D eigenvalue weighted by molar-refractivity contribution is 0.0696. The molecule has 0 saturated carbocycles. The summed E-state index contributed by atoms with van der Waals surface area (Å²) in [5.41, 5.74) is -0.686. The van der Waals surface area contributed by atoms with Crippen molar-refractivity contribution in [3.8, 4) is 0 Å². The third-order valence-corrected chi connectivity index (χ3v) is 3.29. The number of benzene rings is 1. The highest BCUT2D eigenvalue weighted by atomic mass is 19.1. The summed E-state index contributed by atoms with van der Waals surface area (Å²) in [6.45, 7) is 9.24. The number of aromatic carboxylic acids is 1. The zero-order valence-electron chi connectivity index (χ0n) is 12.8. The van der Waals surface area contributed by atoms with Crippen LogP contribution in [-0.2, 0) is 0 Å². The van der Waals surface area contributed by atoms with Gasteiger partial charge in [-0.05, 0) is 39.8 Å². The van der Waals surface area contributed by atoms with Gasteiger partial charge < -0.3 is 10.4 Å². The highest BCUT2D eigenvalue weighted by Gasteiger charge is 2.16. The van der Waals surface area contributed by atoms with Crippen molar-refractivity contribution in [1.82, 2.24) is 4.90 Å². The van der Waals surface area contributed by atoms with Crippen molar-refractivity contribution in [2.45, 2.75) is 39.8 Å². The van der Waals surface area contributed by atoms with Gasteiger partial charge in [-0.2, -0.15) is 0 Å². The van der Waals surface area contributed by atoms with E-state index >= 15 is 0 Å². The summed E-state index contributed by atoms with van der Waals surface area (Å²) in [5.74, 6) is -3.15. The summed E-state index contributed by atoms with van der Waals surface area (Å²) >= 11 is 0. The Morgan fingerprint density at radius 1 is 1.19 bits per heavy atom. The van der Waals surface area contributed by atoms with Crippen LogP contribution in [0.1, 0.15) is 38.1 Å². The van der Waals surface area contributed by atoms with Gasteiger partial charge in [0.15, 0.2) is 0 Å². The van der Waals surface area contributed by atoms with Gasteiger partial charge in [0.05, 0.1) is 5.56 Å². The van der Waals surface area contributed by atoms with Gasteiger partial charge in [0.25, 0.3) is 0 Å². The van der Waals surface area contributed by atoms with Gasteiger partial charge >= 0.3 is 5.97 Å². The van der Waals surface area contributed by atoms with Crippen molar-refractivity contribution < 1.29 is 18.7 Å². The molecule has 0 radical (unpaired) electrons. The molecule has 0 aliphatic heterocycles. The molecule has 0 aliphatic carbocycles. The predicted octanol–water partition coefficient (Wildman–Crippen LogP) is 3.19. The minimum atomic E-state index is -1.36. The lowest BCUT2D eigenvalue weighted by Gasteiger charge is -2.30. The summed E-state index contributed by atoms with van der Waals surface area (Å²) in [7, 11) is 0. The fraction of sp³-hybridized carbons (Fsp3) is 0.533. The zero-order valence-corrected chi connectivity index (χ0v) is 12.8. The van der Waals surface area contributed by atoms with Crippen LogP contribution in [-0.4, -0.2) is 41.1 Å². The van der Waals surface area contributed by atoms with Crippen molar-refractivity contribution >= 4 is 11.7 Å². The van der Waals surface area contributed by atoms with Crippen molar-refractivity contribution in [1.29, 1.82) is 0 Å². The molecule has 1 rings (SSSR count). The number of carboxylic acids is 1. The SMILES string of the molecule is CC(C)N(CCNc1c(F)cc(C(=O)O)cc1F)C(C)C. The lowest BCUT2D eigenvalue weighted by Crippen LogP contribution is -2.40. The first-order valence-electron chi connectivity index (χ1n) is 6.96. The van der Waals surface area contributed by atoms with Gasteiger partial charge in [0.2, 0.25) is 0 Å². The van der Waals surface area contributed by atoms with E-state index in [9.17, 15) is 13.6 Å². The van der Waals surface area contributed by atoms with Crippen molar-refractivity contribution in [2.24, 2.45) is 0 Å². The Hall–Kier alpha value is -1.69. The molecule has 0 heterocycles. The van der Waals surface area contributed by atoms with E-state index in [-0.39, 0.29) is 5.69 Å². The molecule has 0 unspecified atom stereocenters. The monoisotopic (exact) mass is 300 g/mol. The van der Waals surface area contributed by atoms with E-state index < -0.39 is 23.2 Å². The van der Waals surface area contributed by atoms with Crippen molar-refractivity contribution in [2.75, 3.05) is 18.4 Å². The van der Waals surface area contributed by atoms with Gasteiger partial charge in [0, 0.05) is 25.2 Å². The second-order valence-electron chi connectivity index (χ2n) is 5.47. The topological polar surface area (TPSA) is 52.6 Å². The number of carbonyl (C=O) groups is 1. The molecule has 0 saturated heterocycles. The van der Waals surface area contributed by atoms with Gasteiger partial charge in [-0.15, -0.1) is 0 Å². The van der Waals surface area contributed by atoms with Crippen LogP contribution in [0.2, 0.25) is 0 Å². The molecule has 2 N–H and O–H groups in total. The summed E-state index contributed by atoms with van der Waals surface area (Å²) in [6, 6.07) is 2.29. The molecule has 1 aromatic carbocycles. The van der Waals surface area contributed by atoms with Gasteiger partial charge in [0.1, 0.15) is 17.3 Å². The smallest absolute Gasteiger partial charge is 0.335 e. The summed E-state index contributed by atoms with van der Waals surface area (Å²) < 4.78 is 27.5. The number of carboxylic acid groups (broad SMARTS) is 1.